The van der Waals surface area contributed by atoms with Crippen molar-refractivity contribution < 1.29 is 9.90 Å². The maximum atomic E-state index is 12.1. The Bertz CT molecular complexity index is 1200. The molecule has 0 atom stereocenters. The van der Waals surface area contributed by atoms with Crippen LogP contribution in [0, 0.1) is 0 Å². The first-order valence-electron chi connectivity index (χ1n) is 7.81. The van der Waals surface area contributed by atoms with E-state index < -0.39 is 23.0 Å². The number of benzene rings is 2. The van der Waals surface area contributed by atoms with E-state index in [0.717, 1.165) is 10.8 Å². The highest BCUT2D eigenvalue weighted by Crippen LogP contribution is 2.22. The fourth-order valence-corrected chi connectivity index (χ4v) is 2.81. The molecule has 8 nitrogen and oxygen atoms in total. The van der Waals surface area contributed by atoms with Crippen molar-refractivity contribution in [2.75, 3.05) is 0 Å². The van der Waals surface area contributed by atoms with E-state index in [2.05, 4.69) is 15.5 Å². The minimum absolute atomic E-state index is 0.165. The van der Waals surface area contributed by atoms with Crippen molar-refractivity contribution in [1.29, 1.82) is 0 Å². The van der Waals surface area contributed by atoms with Gasteiger partial charge in [-0.05, 0) is 24.3 Å². The van der Waals surface area contributed by atoms with Gasteiger partial charge in [-0.1, -0.05) is 47.5 Å². The highest BCUT2D eigenvalue weighted by molar-refractivity contribution is 6.33. The van der Waals surface area contributed by atoms with E-state index >= 15 is 0 Å². The molecule has 0 aliphatic carbocycles. The molecule has 0 unspecified atom stereocenters. The van der Waals surface area contributed by atoms with Gasteiger partial charge in [0.15, 0.2) is 0 Å². The summed E-state index contributed by atoms with van der Waals surface area (Å²) < 4.78 is 0.820. The lowest BCUT2D eigenvalue weighted by atomic mass is 10.2. The molecule has 0 saturated carbocycles. The Morgan fingerprint density at radius 1 is 1.07 bits per heavy atom. The number of aromatic amines is 1. The average Bonchev–Trinajstić information content (AvgIpc) is 2.66. The largest absolute Gasteiger partial charge is 0.493 e. The molecule has 3 aromatic rings. The summed E-state index contributed by atoms with van der Waals surface area (Å²) in [7, 11) is 0. The van der Waals surface area contributed by atoms with Crippen LogP contribution in [0.3, 0.4) is 0 Å². The SMILES string of the molecule is O=C(N/N=C/c1c(O)n(-c2ccccc2Cl)c(=O)[nH]c1=O)c1ccccc1Cl. The molecule has 0 aliphatic heterocycles. The van der Waals surface area contributed by atoms with Crippen LogP contribution in [0.4, 0.5) is 0 Å². The lowest BCUT2D eigenvalue weighted by Gasteiger charge is -2.10. The molecule has 0 spiro atoms. The smallest absolute Gasteiger partial charge is 0.335 e. The molecule has 3 rings (SSSR count). The number of aromatic nitrogens is 2. The maximum absolute atomic E-state index is 12.1. The van der Waals surface area contributed by atoms with Crippen molar-refractivity contribution in [1.82, 2.24) is 15.0 Å². The lowest BCUT2D eigenvalue weighted by Crippen LogP contribution is -2.31. The number of H-pyrrole nitrogens is 1. The van der Waals surface area contributed by atoms with Gasteiger partial charge in [-0.2, -0.15) is 5.10 Å². The monoisotopic (exact) mass is 418 g/mol. The second-order valence-corrected chi connectivity index (χ2v) is 6.28. The number of hydrogen-bond acceptors (Lipinski definition) is 5. The van der Waals surface area contributed by atoms with Crippen molar-refractivity contribution in [2.24, 2.45) is 5.10 Å². The number of para-hydroxylation sites is 1. The highest BCUT2D eigenvalue weighted by atomic mass is 35.5. The van der Waals surface area contributed by atoms with Gasteiger partial charge in [-0.25, -0.2) is 14.8 Å². The van der Waals surface area contributed by atoms with Crippen molar-refractivity contribution in [3.05, 3.63) is 90.5 Å². The molecule has 0 saturated heterocycles. The minimum atomic E-state index is -0.887. The topological polar surface area (TPSA) is 117 Å². The molecule has 142 valence electrons. The maximum Gasteiger partial charge on any atom is 0.335 e. The number of nitrogens with zero attached hydrogens (tertiary/aromatic N) is 2. The number of nitrogens with one attached hydrogen (secondary N) is 2. The zero-order valence-corrected chi connectivity index (χ0v) is 15.5. The summed E-state index contributed by atoms with van der Waals surface area (Å²) in [6, 6.07) is 12.6. The molecular weight excluding hydrogens is 407 g/mol. The van der Waals surface area contributed by atoms with Crippen LogP contribution in [0.2, 0.25) is 10.0 Å². The Hall–Kier alpha value is -3.36. The van der Waals surface area contributed by atoms with Crippen LogP contribution in [0.25, 0.3) is 5.69 Å². The minimum Gasteiger partial charge on any atom is -0.493 e. The molecule has 0 aliphatic rings. The Morgan fingerprint density at radius 2 is 1.71 bits per heavy atom. The normalized spacial score (nSPS) is 10.9. The van der Waals surface area contributed by atoms with Crippen LogP contribution >= 0.6 is 23.2 Å². The summed E-state index contributed by atoms with van der Waals surface area (Å²) in [5.74, 6) is -1.30. The van der Waals surface area contributed by atoms with E-state index in [-0.39, 0.29) is 26.9 Å². The molecule has 1 amide bonds. The quantitative estimate of drug-likeness (QED) is 0.445. The van der Waals surface area contributed by atoms with Crippen LogP contribution in [0.5, 0.6) is 5.88 Å². The molecule has 28 heavy (non-hydrogen) atoms. The predicted octanol–water partition coefficient (Wildman–Crippen LogP) is 2.30. The van der Waals surface area contributed by atoms with Gasteiger partial charge in [0.05, 0.1) is 27.5 Å². The Labute approximate surface area is 167 Å². The first kappa shape index (κ1) is 19.4. The van der Waals surface area contributed by atoms with E-state index in [1.165, 1.54) is 24.3 Å². The van der Waals surface area contributed by atoms with Gasteiger partial charge < -0.3 is 5.11 Å². The van der Waals surface area contributed by atoms with Gasteiger partial charge in [-0.15, -0.1) is 0 Å². The first-order valence-corrected chi connectivity index (χ1v) is 8.57. The van der Waals surface area contributed by atoms with Gasteiger partial charge >= 0.3 is 5.69 Å². The van der Waals surface area contributed by atoms with Gasteiger partial charge in [0, 0.05) is 0 Å². The lowest BCUT2D eigenvalue weighted by molar-refractivity contribution is 0.0955. The van der Waals surface area contributed by atoms with E-state index in [1.54, 1.807) is 24.3 Å². The summed E-state index contributed by atoms with van der Waals surface area (Å²) in [6.45, 7) is 0. The van der Waals surface area contributed by atoms with E-state index in [9.17, 15) is 19.5 Å². The molecule has 2 aromatic carbocycles. The zero-order valence-electron chi connectivity index (χ0n) is 14.0. The molecular formula is C18H12Cl2N4O4. The number of rotatable bonds is 4. The van der Waals surface area contributed by atoms with Crippen molar-refractivity contribution in [2.45, 2.75) is 0 Å². The number of carbonyl (C=O) groups excluding carboxylic acids is 1. The summed E-state index contributed by atoms with van der Waals surface area (Å²) >= 11 is 12.0. The van der Waals surface area contributed by atoms with E-state index in [4.69, 9.17) is 23.2 Å². The fraction of sp³-hybridized carbons (Fsp3) is 0. The van der Waals surface area contributed by atoms with Gasteiger partial charge in [0.1, 0.15) is 5.56 Å². The first-order chi connectivity index (χ1) is 13.4. The summed E-state index contributed by atoms with van der Waals surface area (Å²) in [6.07, 6.45) is 0.912. The van der Waals surface area contributed by atoms with Crippen molar-refractivity contribution in [3.63, 3.8) is 0 Å². The van der Waals surface area contributed by atoms with Gasteiger partial charge in [0.2, 0.25) is 5.88 Å². The Morgan fingerprint density at radius 3 is 2.39 bits per heavy atom. The van der Waals surface area contributed by atoms with Gasteiger partial charge in [0.25, 0.3) is 11.5 Å². The fourth-order valence-electron chi connectivity index (χ4n) is 2.37. The van der Waals surface area contributed by atoms with Crippen LogP contribution in [0.1, 0.15) is 15.9 Å². The van der Waals surface area contributed by atoms with Crippen molar-refractivity contribution in [3.8, 4) is 11.6 Å². The third-order valence-electron chi connectivity index (χ3n) is 3.69. The predicted molar refractivity (Wildman–Crippen MR) is 106 cm³/mol. The number of carbonyl (C=O) groups is 1. The third kappa shape index (κ3) is 3.83. The van der Waals surface area contributed by atoms with Crippen molar-refractivity contribution >= 4 is 35.3 Å². The third-order valence-corrected chi connectivity index (χ3v) is 4.34. The molecule has 0 fully saturated rings. The van der Waals surface area contributed by atoms with Crippen LogP contribution in [-0.4, -0.2) is 26.8 Å². The number of aromatic hydroxyl groups is 1. The summed E-state index contributed by atoms with van der Waals surface area (Å²) in [5.41, 5.74) is 0.425. The highest BCUT2D eigenvalue weighted by Gasteiger charge is 2.16. The molecule has 1 heterocycles. The number of hydrogen-bond donors (Lipinski definition) is 3. The molecule has 0 radical (unpaired) electrons. The molecule has 1 aromatic heterocycles. The number of halogens is 2. The standard InChI is InChI=1S/C18H12Cl2N4O4/c19-12-6-2-1-5-10(12)16(26)23-21-9-11-15(25)22-18(28)24(17(11)27)14-8-4-3-7-13(14)20/h1-9,27H,(H,23,26)(H,22,25,28)/b21-9+. The second kappa shape index (κ2) is 8.12. The summed E-state index contributed by atoms with van der Waals surface area (Å²) in [5, 5.41) is 14.5. The second-order valence-electron chi connectivity index (χ2n) is 5.46. The van der Waals surface area contributed by atoms with Gasteiger partial charge in [-0.3, -0.25) is 14.6 Å². The number of amides is 1. The molecule has 10 heteroatoms. The van der Waals surface area contributed by atoms with Crippen LogP contribution in [0.15, 0.2) is 63.2 Å². The van der Waals surface area contributed by atoms with Crippen LogP contribution in [-0.2, 0) is 0 Å². The van der Waals surface area contributed by atoms with E-state index in [0.29, 0.717) is 0 Å². The molecule has 3 N–H and O–H groups in total. The number of hydrazone groups is 1. The summed E-state index contributed by atoms with van der Waals surface area (Å²) in [4.78, 5) is 38.3. The zero-order chi connectivity index (χ0) is 20.3. The Balaban J connectivity index is 1.96. The molecule has 0 bridgehead atoms. The van der Waals surface area contributed by atoms with Crippen LogP contribution < -0.4 is 16.7 Å². The average molecular weight is 419 g/mol. The Kier molecular flexibility index (Phi) is 5.62. The van der Waals surface area contributed by atoms with E-state index in [1.807, 2.05) is 0 Å².